The highest BCUT2D eigenvalue weighted by Crippen LogP contribution is 2.44. The lowest BCUT2D eigenvalue weighted by Gasteiger charge is -2.32. The Balaban J connectivity index is 1.89. The van der Waals surface area contributed by atoms with E-state index in [1.807, 2.05) is 0 Å². The molecule has 0 spiro atoms. The third kappa shape index (κ3) is 4.91. The molecule has 5 nitrogen and oxygen atoms in total. The molecule has 0 aromatic rings. The fraction of sp³-hybridized carbons (Fsp3) is 0.944. The van der Waals surface area contributed by atoms with E-state index in [0.29, 0.717) is 19.4 Å². The van der Waals surface area contributed by atoms with E-state index < -0.39 is 0 Å². The summed E-state index contributed by atoms with van der Waals surface area (Å²) in [5.74, 6) is 0.157. The number of aliphatic hydroxyl groups excluding tert-OH is 2. The van der Waals surface area contributed by atoms with Gasteiger partial charge in [-0.05, 0) is 32.1 Å². The molecule has 2 aliphatic rings. The van der Waals surface area contributed by atoms with Crippen molar-refractivity contribution in [2.75, 3.05) is 13.2 Å². The second-order valence-corrected chi connectivity index (χ2v) is 7.38. The summed E-state index contributed by atoms with van der Waals surface area (Å²) < 4.78 is 11.2. The molecule has 3 unspecified atom stereocenters. The van der Waals surface area contributed by atoms with E-state index in [2.05, 4.69) is 13.8 Å². The van der Waals surface area contributed by atoms with Crippen molar-refractivity contribution >= 4 is 5.97 Å². The zero-order chi connectivity index (χ0) is 16.9. The Morgan fingerprint density at radius 1 is 1.35 bits per heavy atom. The van der Waals surface area contributed by atoms with E-state index in [1.54, 1.807) is 0 Å². The van der Waals surface area contributed by atoms with Gasteiger partial charge in [0.1, 0.15) is 6.10 Å². The molecule has 1 heterocycles. The quantitative estimate of drug-likeness (QED) is 0.476. The van der Waals surface area contributed by atoms with Crippen LogP contribution in [0.5, 0.6) is 0 Å². The van der Waals surface area contributed by atoms with E-state index in [1.165, 1.54) is 12.8 Å². The summed E-state index contributed by atoms with van der Waals surface area (Å²) in [6, 6.07) is 0. The van der Waals surface area contributed by atoms with Crippen molar-refractivity contribution < 1.29 is 24.5 Å². The summed E-state index contributed by atoms with van der Waals surface area (Å²) in [5.41, 5.74) is -0.265. The molecule has 2 fully saturated rings. The summed E-state index contributed by atoms with van der Waals surface area (Å²) in [6.45, 7) is 4.66. The molecular formula is C18H32O5. The van der Waals surface area contributed by atoms with E-state index in [-0.39, 0.29) is 42.2 Å². The second-order valence-electron chi connectivity index (χ2n) is 7.38. The molecule has 0 bridgehead atoms. The van der Waals surface area contributed by atoms with Gasteiger partial charge in [0.15, 0.2) is 0 Å². The first-order valence-electron chi connectivity index (χ1n) is 9.11. The van der Waals surface area contributed by atoms with Gasteiger partial charge in [-0.25, -0.2) is 0 Å². The maximum absolute atomic E-state index is 11.5. The first-order chi connectivity index (χ1) is 11.0. The van der Waals surface area contributed by atoms with Crippen LogP contribution in [0.4, 0.5) is 0 Å². The number of aliphatic hydroxyl groups is 2. The minimum Gasteiger partial charge on any atom is -0.462 e. The highest BCUT2D eigenvalue weighted by molar-refractivity contribution is 5.72. The van der Waals surface area contributed by atoms with Gasteiger partial charge >= 0.3 is 5.97 Å². The van der Waals surface area contributed by atoms with Crippen molar-refractivity contribution in [1.82, 2.24) is 0 Å². The maximum Gasteiger partial charge on any atom is 0.306 e. The molecule has 134 valence electrons. The molecule has 1 aliphatic heterocycles. The van der Waals surface area contributed by atoms with Crippen LogP contribution in [0.1, 0.15) is 65.2 Å². The topological polar surface area (TPSA) is 76.0 Å². The highest BCUT2D eigenvalue weighted by Gasteiger charge is 2.49. The first-order valence-corrected chi connectivity index (χ1v) is 9.11. The lowest BCUT2D eigenvalue weighted by Crippen LogP contribution is -2.32. The molecule has 1 saturated heterocycles. The lowest BCUT2D eigenvalue weighted by atomic mass is 9.83. The standard InChI is InChI=1S/C18H32O5/c1-3-4-5-7-18(2,22-10-9-19)8-6-13-14-11-17(21)23-16(14)12-15(13)20/h13-16,19-20H,3-12H2,1-2H3/t13?,14-,15?,16+,18?/m1/s1. The van der Waals surface area contributed by atoms with Crippen LogP contribution in [0.2, 0.25) is 0 Å². The molecule has 0 radical (unpaired) electrons. The Morgan fingerprint density at radius 2 is 2.13 bits per heavy atom. The smallest absolute Gasteiger partial charge is 0.306 e. The Hall–Kier alpha value is -0.650. The number of carbonyl (C=O) groups excluding carboxylic acids is 1. The van der Waals surface area contributed by atoms with Gasteiger partial charge < -0.3 is 19.7 Å². The van der Waals surface area contributed by atoms with Crippen LogP contribution >= 0.6 is 0 Å². The van der Waals surface area contributed by atoms with Gasteiger partial charge in [0.25, 0.3) is 0 Å². The number of ether oxygens (including phenoxy) is 2. The molecule has 5 heteroatoms. The van der Waals surface area contributed by atoms with Gasteiger partial charge in [-0.2, -0.15) is 0 Å². The molecule has 0 aromatic heterocycles. The molecular weight excluding hydrogens is 296 g/mol. The van der Waals surface area contributed by atoms with Gasteiger partial charge in [0.05, 0.1) is 31.3 Å². The van der Waals surface area contributed by atoms with Crippen molar-refractivity contribution in [3.8, 4) is 0 Å². The van der Waals surface area contributed by atoms with E-state index in [0.717, 1.165) is 25.7 Å². The zero-order valence-corrected chi connectivity index (χ0v) is 14.5. The van der Waals surface area contributed by atoms with Crippen molar-refractivity contribution in [2.24, 2.45) is 11.8 Å². The van der Waals surface area contributed by atoms with E-state index in [9.17, 15) is 9.90 Å². The monoisotopic (exact) mass is 328 g/mol. The zero-order valence-electron chi connectivity index (χ0n) is 14.5. The third-order valence-corrected chi connectivity index (χ3v) is 5.54. The predicted molar refractivity (Wildman–Crippen MR) is 86.9 cm³/mol. The van der Waals surface area contributed by atoms with E-state index in [4.69, 9.17) is 14.6 Å². The molecule has 1 aliphatic carbocycles. The van der Waals surface area contributed by atoms with Gasteiger partial charge in [-0.3, -0.25) is 4.79 Å². The average Bonchev–Trinajstić information content (AvgIpc) is 2.99. The first kappa shape index (κ1) is 18.7. The summed E-state index contributed by atoms with van der Waals surface area (Å²) in [4.78, 5) is 11.5. The van der Waals surface area contributed by atoms with Gasteiger partial charge in [-0.15, -0.1) is 0 Å². The predicted octanol–water partition coefficient (Wildman–Crippen LogP) is 2.43. The summed E-state index contributed by atoms with van der Waals surface area (Å²) in [7, 11) is 0. The van der Waals surface area contributed by atoms with Crippen molar-refractivity contribution in [3.63, 3.8) is 0 Å². The average molecular weight is 328 g/mol. The molecule has 2 rings (SSSR count). The molecule has 0 aromatic carbocycles. The molecule has 2 N–H and O–H groups in total. The molecule has 5 atom stereocenters. The van der Waals surface area contributed by atoms with Crippen LogP contribution < -0.4 is 0 Å². The fourth-order valence-electron chi connectivity index (χ4n) is 4.17. The van der Waals surface area contributed by atoms with Crippen LogP contribution in [-0.2, 0) is 14.3 Å². The third-order valence-electron chi connectivity index (χ3n) is 5.54. The Morgan fingerprint density at radius 3 is 2.83 bits per heavy atom. The number of fused-ring (bicyclic) bond motifs is 1. The Labute approximate surface area is 139 Å². The number of esters is 1. The lowest BCUT2D eigenvalue weighted by molar-refractivity contribution is -0.141. The van der Waals surface area contributed by atoms with Crippen LogP contribution in [0.25, 0.3) is 0 Å². The number of rotatable bonds is 10. The van der Waals surface area contributed by atoms with Crippen molar-refractivity contribution in [2.45, 2.75) is 83.0 Å². The maximum atomic E-state index is 11.5. The SMILES string of the molecule is CCCCCC(C)(CCC1C(O)C[C@@H]2OC(=O)C[C@H]12)OCCO. The van der Waals surface area contributed by atoms with E-state index >= 15 is 0 Å². The van der Waals surface area contributed by atoms with Crippen LogP contribution in [-0.4, -0.2) is 47.2 Å². The van der Waals surface area contributed by atoms with Crippen LogP contribution in [0, 0.1) is 11.8 Å². The highest BCUT2D eigenvalue weighted by atomic mass is 16.6. The van der Waals surface area contributed by atoms with Crippen molar-refractivity contribution in [1.29, 1.82) is 0 Å². The second kappa shape index (κ2) is 8.45. The molecule has 1 saturated carbocycles. The van der Waals surface area contributed by atoms with Crippen molar-refractivity contribution in [3.05, 3.63) is 0 Å². The van der Waals surface area contributed by atoms with Gasteiger partial charge in [0.2, 0.25) is 0 Å². The van der Waals surface area contributed by atoms with Crippen LogP contribution in [0.3, 0.4) is 0 Å². The Kier molecular flexibility index (Phi) is 6.86. The Bertz CT molecular complexity index is 386. The largest absolute Gasteiger partial charge is 0.462 e. The number of carbonyl (C=O) groups is 1. The summed E-state index contributed by atoms with van der Waals surface area (Å²) in [6.07, 6.45) is 6.65. The van der Waals surface area contributed by atoms with Gasteiger partial charge in [-0.1, -0.05) is 26.2 Å². The molecule has 23 heavy (non-hydrogen) atoms. The minimum atomic E-state index is -0.379. The number of hydrogen-bond donors (Lipinski definition) is 2. The fourth-order valence-corrected chi connectivity index (χ4v) is 4.17. The summed E-state index contributed by atoms with van der Waals surface area (Å²) in [5, 5.41) is 19.4. The van der Waals surface area contributed by atoms with Crippen LogP contribution in [0.15, 0.2) is 0 Å². The number of hydrogen-bond acceptors (Lipinski definition) is 5. The number of unbranched alkanes of at least 4 members (excludes halogenated alkanes) is 2. The minimum absolute atomic E-state index is 0.0302. The molecule has 0 amide bonds. The summed E-state index contributed by atoms with van der Waals surface area (Å²) >= 11 is 0. The van der Waals surface area contributed by atoms with Gasteiger partial charge in [0, 0.05) is 12.3 Å². The normalized spacial score (nSPS) is 32.6.